The summed E-state index contributed by atoms with van der Waals surface area (Å²) in [7, 11) is 1.82. The molecule has 0 aromatic carbocycles. The fraction of sp³-hybridized carbons (Fsp3) is 0.667. The third-order valence-electron chi connectivity index (χ3n) is 4.21. The molecule has 0 aliphatic carbocycles. The lowest BCUT2D eigenvalue weighted by Gasteiger charge is -2.32. The number of hydrogen-bond donors (Lipinski definition) is 2. The number of morpholine rings is 1. The van der Waals surface area contributed by atoms with Crippen molar-refractivity contribution in [2.75, 3.05) is 31.2 Å². The normalized spacial score (nSPS) is 25.4. The molecule has 1 aromatic heterocycles. The number of nitrogens with one attached hydrogen (secondary N) is 2. The molecule has 8 heteroatoms. The van der Waals surface area contributed by atoms with Crippen LogP contribution in [0.2, 0.25) is 0 Å². The van der Waals surface area contributed by atoms with Gasteiger partial charge in [-0.05, 0) is 12.8 Å². The smallest absolute Gasteiger partial charge is 0.249 e. The first-order chi connectivity index (χ1) is 11.1. The molecule has 2 aliphatic heterocycles. The first-order valence-corrected chi connectivity index (χ1v) is 8.04. The number of rotatable bonds is 4. The van der Waals surface area contributed by atoms with E-state index in [1.165, 1.54) is 0 Å². The highest BCUT2D eigenvalue weighted by molar-refractivity contribution is 5.99. The number of anilines is 1. The molecule has 0 spiro atoms. The second kappa shape index (κ2) is 7.10. The Morgan fingerprint density at radius 3 is 3.13 bits per heavy atom. The number of amides is 2. The second-order valence-electron chi connectivity index (χ2n) is 6.05. The van der Waals surface area contributed by atoms with Gasteiger partial charge < -0.3 is 20.3 Å². The molecule has 2 atom stereocenters. The minimum absolute atomic E-state index is 0.0249. The molecule has 0 saturated carbocycles. The topological polar surface area (TPSA) is 88.5 Å². The first-order valence-electron chi connectivity index (χ1n) is 8.04. The van der Waals surface area contributed by atoms with Gasteiger partial charge in [-0.3, -0.25) is 14.3 Å². The lowest BCUT2D eigenvalue weighted by Crippen LogP contribution is -2.53. The van der Waals surface area contributed by atoms with Gasteiger partial charge in [0.05, 0.1) is 25.1 Å². The summed E-state index contributed by atoms with van der Waals surface area (Å²) >= 11 is 0. The van der Waals surface area contributed by atoms with Crippen molar-refractivity contribution < 1.29 is 14.3 Å². The predicted octanol–water partition coefficient (Wildman–Crippen LogP) is -0.590. The van der Waals surface area contributed by atoms with Gasteiger partial charge in [0, 0.05) is 38.8 Å². The summed E-state index contributed by atoms with van der Waals surface area (Å²) < 4.78 is 7.01. The van der Waals surface area contributed by atoms with Gasteiger partial charge >= 0.3 is 0 Å². The quantitative estimate of drug-likeness (QED) is 0.774. The second-order valence-corrected chi connectivity index (χ2v) is 6.05. The van der Waals surface area contributed by atoms with Crippen LogP contribution in [0.1, 0.15) is 19.3 Å². The van der Waals surface area contributed by atoms with Crippen molar-refractivity contribution in [3.63, 3.8) is 0 Å². The molecule has 1 aromatic rings. The molecule has 2 saturated heterocycles. The van der Waals surface area contributed by atoms with Crippen LogP contribution in [0.3, 0.4) is 0 Å². The van der Waals surface area contributed by atoms with Crippen molar-refractivity contribution in [1.29, 1.82) is 0 Å². The number of nitrogens with zero attached hydrogens (tertiary/aromatic N) is 3. The molecule has 23 heavy (non-hydrogen) atoms. The number of ether oxygens (including phenoxy) is 1. The summed E-state index contributed by atoms with van der Waals surface area (Å²) in [5.74, 6) is -0.176. The first kappa shape index (κ1) is 15.9. The summed E-state index contributed by atoms with van der Waals surface area (Å²) in [4.78, 5) is 26.5. The van der Waals surface area contributed by atoms with Crippen LogP contribution in [0.15, 0.2) is 12.4 Å². The summed E-state index contributed by atoms with van der Waals surface area (Å²) in [6.45, 7) is 2.64. The van der Waals surface area contributed by atoms with Crippen LogP contribution in [0.4, 0.5) is 5.69 Å². The molecule has 2 amide bonds. The third-order valence-corrected chi connectivity index (χ3v) is 4.21. The molecule has 2 fully saturated rings. The minimum atomic E-state index is -0.457. The van der Waals surface area contributed by atoms with Crippen molar-refractivity contribution in [2.24, 2.45) is 7.05 Å². The van der Waals surface area contributed by atoms with Crippen LogP contribution < -0.4 is 15.5 Å². The Labute approximate surface area is 135 Å². The molecule has 3 heterocycles. The van der Waals surface area contributed by atoms with Crippen molar-refractivity contribution in [3.8, 4) is 0 Å². The Morgan fingerprint density at radius 1 is 1.57 bits per heavy atom. The zero-order chi connectivity index (χ0) is 16.2. The average Bonchev–Trinajstić information content (AvgIpc) is 2.96. The van der Waals surface area contributed by atoms with Gasteiger partial charge in [0.15, 0.2) is 0 Å². The fourth-order valence-corrected chi connectivity index (χ4v) is 3.04. The van der Waals surface area contributed by atoms with E-state index in [2.05, 4.69) is 15.7 Å². The van der Waals surface area contributed by atoms with Crippen LogP contribution in [0, 0.1) is 0 Å². The fourth-order valence-electron chi connectivity index (χ4n) is 3.04. The molecule has 2 aliphatic rings. The maximum absolute atomic E-state index is 12.6. The number of piperidine rings is 1. The standard InChI is InChI=1S/C15H23N5O3/c1-19-9-12(8-17-19)20-5-2-3-13(15(20)22)18-14(21)7-11-10-23-6-4-16-11/h8-9,11,13,16H,2-7,10H2,1H3,(H,18,21). The lowest BCUT2D eigenvalue weighted by molar-refractivity contribution is -0.129. The van der Waals surface area contributed by atoms with E-state index < -0.39 is 6.04 Å². The van der Waals surface area contributed by atoms with Gasteiger partial charge in [-0.15, -0.1) is 0 Å². The molecule has 2 unspecified atom stereocenters. The molecule has 2 N–H and O–H groups in total. The number of aryl methyl sites for hydroxylation is 1. The zero-order valence-corrected chi connectivity index (χ0v) is 13.3. The van der Waals surface area contributed by atoms with E-state index in [9.17, 15) is 9.59 Å². The van der Waals surface area contributed by atoms with Crippen molar-refractivity contribution in [3.05, 3.63) is 12.4 Å². The zero-order valence-electron chi connectivity index (χ0n) is 13.3. The van der Waals surface area contributed by atoms with E-state index in [1.54, 1.807) is 15.8 Å². The van der Waals surface area contributed by atoms with Crippen LogP contribution in [-0.2, 0) is 21.4 Å². The van der Waals surface area contributed by atoms with E-state index in [0.717, 1.165) is 18.7 Å². The number of carbonyl (C=O) groups excluding carboxylic acids is 2. The summed E-state index contributed by atoms with van der Waals surface area (Å²) in [5, 5.41) is 10.2. The highest BCUT2D eigenvalue weighted by Crippen LogP contribution is 2.20. The minimum Gasteiger partial charge on any atom is -0.378 e. The Balaban J connectivity index is 1.56. The van der Waals surface area contributed by atoms with Gasteiger partial charge in [0.25, 0.3) is 0 Å². The van der Waals surface area contributed by atoms with E-state index in [-0.39, 0.29) is 17.9 Å². The van der Waals surface area contributed by atoms with Gasteiger partial charge in [-0.1, -0.05) is 0 Å². The lowest BCUT2D eigenvalue weighted by atomic mass is 10.0. The highest BCUT2D eigenvalue weighted by Gasteiger charge is 2.31. The molecule has 0 bridgehead atoms. The number of carbonyl (C=O) groups is 2. The Kier molecular flexibility index (Phi) is 4.92. The van der Waals surface area contributed by atoms with E-state index in [0.29, 0.717) is 32.6 Å². The molecular weight excluding hydrogens is 298 g/mol. The highest BCUT2D eigenvalue weighted by atomic mass is 16.5. The van der Waals surface area contributed by atoms with E-state index in [1.807, 2.05) is 13.2 Å². The van der Waals surface area contributed by atoms with Crippen molar-refractivity contribution in [1.82, 2.24) is 20.4 Å². The SMILES string of the molecule is Cn1cc(N2CCCC(NC(=O)CC3COCCN3)C2=O)cn1. The monoisotopic (exact) mass is 321 g/mol. The largest absolute Gasteiger partial charge is 0.378 e. The van der Waals surface area contributed by atoms with Crippen molar-refractivity contribution >= 4 is 17.5 Å². The van der Waals surface area contributed by atoms with Crippen LogP contribution in [-0.4, -0.2) is 60.0 Å². The Hall–Kier alpha value is -1.93. The van der Waals surface area contributed by atoms with Crippen LogP contribution in [0.5, 0.6) is 0 Å². The molecule has 3 rings (SSSR count). The number of aromatic nitrogens is 2. The maximum Gasteiger partial charge on any atom is 0.249 e. The Bertz CT molecular complexity index is 567. The van der Waals surface area contributed by atoms with Crippen LogP contribution in [0.25, 0.3) is 0 Å². The van der Waals surface area contributed by atoms with Gasteiger partial charge in [-0.25, -0.2) is 0 Å². The maximum atomic E-state index is 12.6. The van der Waals surface area contributed by atoms with Gasteiger partial charge in [0.2, 0.25) is 11.8 Å². The average molecular weight is 321 g/mol. The van der Waals surface area contributed by atoms with Crippen LogP contribution >= 0.6 is 0 Å². The molecular formula is C15H23N5O3. The van der Waals surface area contributed by atoms with Gasteiger partial charge in [-0.2, -0.15) is 5.10 Å². The third kappa shape index (κ3) is 3.89. The Morgan fingerprint density at radius 2 is 2.43 bits per heavy atom. The van der Waals surface area contributed by atoms with E-state index >= 15 is 0 Å². The van der Waals surface area contributed by atoms with E-state index in [4.69, 9.17) is 4.74 Å². The predicted molar refractivity (Wildman–Crippen MR) is 84.0 cm³/mol. The summed E-state index contributed by atoms with van der Waals surface area (Å²) in [5.41, 5.74) is 0.777. The summed E-state index contributed by atoms with van der Waals surface area (Å²) in [6, 6.07) is -0.433. The molecule has 126 valence electrons. The molecule has 0 radical (unpaired) electrons. The summed E-state index contributed by atoms with van der Waals surface area (Å²) in [6.07, 6.45) is 5.35. The van der Waals surface area contributed by atoms with Gasteiger partial charge in [0.1, 0.15) is 6.04 Å². The molecule has 8 nitrogen and oxygen atoms in total. The number of hydrogen-bond acceptors (Lipinski definition) is 5. The van der Waals surface area contributed by atoms with Crippen molar-refractivity contribution in [2.45, 2.75) is 31.3 Å².